The third kappa shape index (κ3) is 5.63. The molecule has 168 valence electrons. The molecule has 0 aliphatic rings. The number of aromatic nitrogens is 1. The van der Waals surface area contributed by atoms with E-state index in [2.05, 4.69) is 10.3 Å². The van der Waals surface area contributed by atoms with Crippen molar-refractivity contribution in [2.45, 2.75) is 6.61 Å². The molecule has 3 aromatic carbocycles. The van der Waals surface area contributed by atoms with Crippen molar-refractivity contribution in [3.8, 4) is 27.8 Å². The molecule has 0 saturated carbocycles. The van der Waals surface area contributed by atoms with Gasteiger partial charge in [-0.25, -0.2) is 4.98 Å². The molecule has 1 amide bonds. The summed E-state index contributed by atoms with van der Waals surface area (Å²) in [6.07, 6.45) is 0. The van der Waals surface area contributed by atoms with Crippen LogP contribution in [0.2, 0.25) is 5.02 Å². The van der Waals surface area contributed by atoms with Gasteiger partial charge in [0.15, 0.2) is 0 Å². The average molecular weight is 481 g/mol. The summed E-state index contributed by atoms with van der Waals surface area (Å²) in [6.45, 7) is 0.426. The smallest absolute Gasteiger partial charge is 0.275 e. The van der Waals surface area contributed by atoms with Crippen molar-refractivity contribution in [3.63, 3.8) is 0 Å². The summed E-state index contributed by atoms with van der Waals surface area (Å²) in [7, 11) is 3.11. The molecule has 8 heteroatoms. The lowest BCUT2D eigenvalue weighted by Crippen LogP contribution is -2.13. The van der Waals surface area contributed by atoms with E-state index in [0.717, 1.165) is 16.1 Å². The van der Waals surface area contributed by atoms with Crippen LogP contribution in [-0.2, 0) is 6.61 Å². The van der Waals surface area contributed by atoms with Crippen LogP contribution in [0, 0.1) is 0 Å². The van der Waals surface area contributed by atoms with Crippen molar-refractivity contribution in [3.05, 3.63) is 88.4 Å². The van der Waals surface area contributed by atoms with Gasteiger partial charge in [-0.15, -0.1) is 11.3 Å². The Hall–Kier alpha value is -3.55. The molecule has 33 heavy (non-hydrogen) atoms. The van der Waals surface area contributed by atoms with Gasteiger partial charge in [0.05, 0.1) is 19.9 Å². The normalized spacial score (nSPS) is 10.5. The molecule has 1 N–H and O–H groups in total. The summed E-state index contributed by atoms with van der Waals surface area (Å²) in [5.41, 5.74) is 2.75. The van der Waals surface area contributed by atoms with Gasteiger partial charge in [-0.1, -0.05) is 35.9 Å². The second-order valence-corrected chi connectivity index (χ2v) is 8.30. The zero-order valence-electron chi connectivity index (χ0n) is 18.0. The van der Waals surface area contributed by atoms with Crippen LogP contribution in [0.1, 0.15) is 16.1 Å². The highest BCUT2D eigenvalue weighted by Crippen LogP contribution is 2.31. The average Bonchev–Trinajstić information content (AvgIpc) is 3.35. The van der Waals surface area contributed by atoms with E-state index >= 15 is 0 Å². The first kappa shape index (κ1) is 22.6. The minimum atomic E-state index is -0.323. The Labute approximate surface area is 200 Å². The molecule has 0 radical (unpaired) electrons. The number of nitrogens with one attached hydrogen (secondary N) is 1. The van der Waals surface area contributed by atoms with Crippen molar-refractivity contribution in [2.75, 3.05) is 19.5 Å². The Kier molecular flexibility index (Phi) is 7.12. The first-order chi connectivity index (χ1) is 16.1. The Morgan fingerprint density at radius 1 is 1.00 bits per heavy atom. The molecule has 1 aromatic heterocycles. The van der Waals surface area contributed by atoms with Crippen molar-refractivity contribution in [1.82, 2.24) is 4.98 Å². The van der Waals surface area contributed by atoms with Crippen LogP contribution < -0.4 is 19.5 Å². The highest BCUT2D eigenvalue weighted by atomic mass is 35.5. The Balaban J connectivity index is 1.45. The summed E-state index contributed by atoms with van der Waals surface area (Å²) in [6, 6.07) is 20.3. The first-order valence-electron chi connectivity index (χ1n) is 10.0. The van der Waals surface area contributed by atoms with Gasteiger partial charge in [-0.3, -0.25) is 4.79 Å². The van der Waals surface area contributed by atoms with Gasteiger partial charge in [0.2, 0.25) is 0 Å². The molecule has 0 unspecified atom stereocenters. The standard InChI is InChI=1S/C25H21ClN2O4S/c1-30-19-10-11-21(23(13-19)31-2)27-24(29)22-15-33-25(28-22)17-4-3-5-20(12-17)32-14-16-6-8-18(26)9-7-16/h3-13,15H,14H2,1-2H3,(H,27,29). The highest BCUT2D eigenvalue weighted by Gasteiger charge is 2.15. The van der Waals surface area contributed by atoms with Gasteiger partial charge < -0.3 is 19.5 Å². The number of methoxy groups -OCH3 is 2. The molecule has 0 atom stereocenters. The number of ether oxygens (including phenoxy) is 3. The first-order valence-corrected chi connectivity index (χ1v) is 11.3. The Morgan fingerprint density at radius 2 is 1.82 bits per heavy atom. The number of amides is 1. The van der Waals surface area contributed by atoms with Gasteiger partial charge in [-0.05, 0) is 42.0 Å². The van der Waals surface area contributed by atoms with Gasteiger partial charge in [0.25, 0.3) is 5.91 Å². The molecule has 4 rings (SSSR count). The van der Waals surface area contributed by atoms with E-state index in [1.54, 1.807) is 30.7 Å². The lowest BCUT2D eigenvalue weighted by atomic mass is 10.2. The zero-order chi connectivity index (χ0) is 23.2. The quantitative estimate of drug-likeness (QED) is 0.320. The molecule has 0 fully saturated rings. The number of benzene rings is 3. The van der Waals surface area contributed by atoms with E-state index in [4.69, 9.17) is 25.8 Å². The molecule has 0 spiro atoms. The predicted octanol–water partition coefficient (Wildman–Crippen LogP) is 6.31. The molecule has 1 heterocycles. The number of rotatable bonds is 8. The maximum absolute atomic E-state index is 12.7. The van der Waals surface area contributed by atoms with E-state index in [1.165, 1.54) is 18.4 Å². The second kappa shape index (κ2) is 10.4. The summed E-state index contributed by atoms with van der Waals surface area (Å²) in [5, 5.41) is 5.97. The number of hydrogen-bond acceptors (Lipinski definition) is 6. The van der Waals surface area contributed by atoms with E-state index in [0.29, 0.717) is 40.3 Å². The van der Waals surface area contributed by atoms with Gasteiger partial charge in [0.1, 0.15) is 34.6 Å². The van der Waals surface area contributed by atoms with Gasteiger partial charge in [0, 0.05) is 22.0 Å². The minimum Gasteiger partial charge on any atom is -0.497 e. The molecule has 0 saturated heterocycles. The van der Waals surface area contributed by atoms with Crippen LogP contribution in [0.4, 0.5) is 5.69 Å². The zero-order valence-corrected chi connectivity index (χ0v) is 19.6. The lowest BCUT2D eigenvalue weighted by Gasteiger charge is -2.10. The number of hydrogen-bond donors (Lipinski definition) is 1. The van der Waals surface area contributed by atoms with E-state index < -0.39 is 0 Å². The number of thiazole rings is 1. The van der Waals surface area contributed by atoms with E-state index in [9.17, 15) is 4.79 Å². The van der Waals surface area contributed by atoms with Crippen LogP contribution >= 0.6 is 22.9 Å². The largest absolute Gasteiger partial charge is 0.497 e. The van der Waals surface area contributed by atoms with Crippen LogP contribution in [0.25, 0.3) is 10.6 Å². The third-order valence-corrected chi connectivity index (χ3v) is 5.94. The molecular formula is C25H21ClN2O4S. The lowest BCUT2D eigenvalue weighted by molar-refractivity contribution is 0.102. The van der Waals surface area contributed by atoms with Gasteiger partial charge in [-0.2, -0.15) is 0 Å². The van der Waals surface area contributed by atoms with Crippen molar-refractivity contribution >= 4 is 34.5 Å². The molecular weight excluding hydrogens is 460 g/mol. The molecule has 0 bridgehead atoms. The highest BCUT2D eigenvalue weighted by molar-refractivity contribution is 7.13. The topological polar surface area (TPSA) is 69.7 Å². The molecule has 4 aromatic rings. The summed E-state index contributed by atoms with van der Waals surface area (Å²) < 4.78 is 16.4. The predicted molar refractivity (Wildman–Crippen MR) is 131 cm³/mol. The van der Waals surface area contributed by atoms with Crippen LogP contribution in [0.3, 0.4) is 0 Å². The van der Waals surface area contributed by atoms with E-state index in [-0.39, 0.29) is 5.91 Å². The maximum Gasteiger partial charge on any atom is 0.275 e. The number of halogens is 1. The Morgan fingerprint density at radius 3 is 2.58 bits per heavy atom. The summed E-state index contributed by atoms with van der Waals surface area (Å²) >= 11 is 7.32. The number of nitrogens with zero attached hydrogens (tertiary/aromatic N) is 1. The van der Waals surface area contributed by atoms with Crippen molar-refractivity contribution < 1.29 is 19.0 Å². The summed E-state index contributed by atoms with van der Waals surface area (Å²) in [4.78, 5) is 17.2. The SMILES string of the molecule is COc1ccc(NC(=O)c2csc(-c3cccc(OCc4ccc(Cl)cc4)c3)n2)c(OC)c1. The van der Waals surface area contributed by atoms with Crippen molar-refractivity contribution in [1.29, 1.82) is 0 Å². The van der Waals surface area contributed by atoms with Gasteiger partial charge >= 0.3 is 0 Å². The maximum atomic E-state index is 12.7. The molecule has 6 nitrogen and oxygen atoms in total. The Bertz CT molecular complexity index is 1260. The fourth-order valence-corrected chi connectivity index (χ4v) is 3.99. The summed E-state index contributed by atoms with van der Waals surface area (Å²) in [5.74, 6) is 1.53. The van der Waals surface area contributed by atoms with E-state index in [1.807, 2.05) is 48.5 Å². The van der Waals surface area contributed by atoms with Crippen LogP contribution in [0.5, 0.6) is 17.2 Å². The number of carbonyl (C=O) groups is 1. The fraction of sp³-hybridized carbons (Fsp3) is 0.120. The molecule has 0 aliphatic carbocycles. The number of anilines is 1. The van der Waals surface area contributed by atoms with Crippen LogP contribution in [0.15, 0.2) is 72.1 Å². The third-order valence-electron chi connectivity index (χ3n) is 4.79. The minimum absolute atomic E-state index is 0.320. The monoisotopic (exact) mass is 480 g/mol. The van der Waals surface area contributed by atoms with Crippen molar-refractivity contribution in [2.24, 2.45) is 0 Å². The fourth-order valence-electron chi connectivity index (χ4n) is 3.06. The molecule has 0 aliphatic heterocycles. The number of carbonyl (C=O) groups excluding carboxylic acids is 1. The van der Waals surface area contributed by atoms with Crippen LogP contribution in [-0.4, -0.2) is 25.1 Å². The second-order valence-electron chi connectivity index (χ2n) is 7.00.